The van der Waals surface area contributed by atoms with Crippen LogP contribution >= 0.6 is 15.9 Å². The van der Waals surface area contributed by atoms with Crippen LogP contribution in [-0.2, 0) is 16.0 Å². The number of nitrogens with one attached hydrogen (secondary N) is 1. The molecule has 5 heteroatoms. The number of benzene rings is 1. The molecule has 1 amide bonds. The van der Waals surface area contributed by atoms with Gasteiger partial charge in [0.2, 0.25) is 5.91 Å². The van der Waals surface area contributed by atoms with Gasteiger partial charge in [-0.05, 0) is 30.5 Å². The Labute approximate surface area is 127 Å². The third kappa shape index (κ3) is 6.52. The molecule has 1 aromatic carbocycles. The molecule has 0 unspecified atom stereocenters. The fourth-order valence-corrected chi connectivity index (χ4v) is 2.09. The summed E-state index contributed by atoms with van der Waals surface area (Å²) in [6, 6.07) is 7.22. The van der Waals surface area contributed by atoms with Crippen LogP contribution in [0.4, 0.5) is 0 Å². The lowest BCUT2D eigenvalue weighted by Gasteiger charge is -2.17. The SMILES string of the molecule is C=CCCC(=O)N[C@H](CC(=O)O)Cc1ccc(Br)cc1. The molecule has 0 aliphatic rings. The summed E-state index contributed by atoms with van der Waals surface area (Å²) in [5.41, 5.74) is 0.989. The summed E-state index contributed by atoms with van der Waals surface area (Å²) in [7, 11) is 0. The first-order valence-corrected chi connectivity index (χ1v) is 7.17. The fourth-order valence-electron chi connectivity index (χ4n) is 1.82. The normalized spacial score (nSPS) is 11.7. The number of carbonyl (C=O) groups is 2. The van der Waals surface area contributed by atoms with Gasteiger partial charge in [0.15, 0.2) is 0 Å². The van der Waals surface area contributed by atoms with E-state index < -0.39 is 12.0 Å². The number of carboxylic acids is 1. The largest absolute Gasteiger partial charge is 0.481 e. The second-order valence-electron chi connectivity index (χ2n) is 4.52. The molecule has 0 saturated heterocycles. The molecule has 20 heavy (non-hydrogen) atoms. The highest BCUT2D eigenvalue weighted by Gasteiger charge is 2.16. The molecule has 0 heterocycles. The number of hydrogen-bond donors (Lipinski definition) is 2. The number of aliphatic carboxylic acids is 1. The standard InChI is InChI=1S/C15H18BrNO3/c1-2-3-4-14(18)17-13(10-15(19)20)9-11-5-7-12(16)8-6-11/h2,5-8,13H,1,3-4,9-10H2,(H,17,18)(H,19,20)/t13-/m0/s1. The third-order valence-electron chi connectivity index (χ3n) is 2.76. The first-order valence-electron chi connectivity index (χ1n) is 6.37. The lowest BCUT2D eigenvalue weighted by Crippen LogP contribution is -2.37. The number of hydrogen-bond acceptors (Lipinski definition) is 2. The van der Waals surface area contributed by atoms with Crippen molar-refractivity contribution < 1.29 is 14.7 Å². The van der Waals surface area contributed by atoms with Gasteiger partial charge in [0.1, 0.15) is 0 Å². The van der Waals surface area contributed by atoms with Gasteiger partial charge in [-0.2, -0.15) is 0 Å². The Morgan fingerprint density at radius 3 is 2.55 bits per heavy atom. The van der Waals surface area contributed by atoms with E-state index in [-0.39, 0.29) is 12.3 Å². The molecule has 0 bridgehead atoms. The average molecular weight is 340 g/mol. The van der Waals surface area contributed by atoms with E-state index in [0.717, 1.165) is 10.0 Å². The van der Waals surface area contributed by atoms with Crippen molar-refractivity contribution in [3.63, 3.8) is 0 Å². The van der Waals surface area contributed by atoms with Crippen molar-refractivity contribution in [3.8, 4) is 0 Å². The van der Waals surface area contributed by atoms with Gasteiger partial charge in [0, 0.05) is 16.9 Å². The van der Waals surface area contributed by atoms with Gasteiger partial charge in [-0.1, -0.05) is 34.1 Å². The highest BCUT2D eigenvalue weighted by molar-refractivity contribution is 9.10. The zero-order valence-electron chi connectivity index (χ0n) is 11.1. The van der Waals surface area contributed by atoms with Crippen LogP contribution in [0.5, 0.6) is 0 Å². The molecule has 0 aliphatic heterocycles. The Bertz CT molecular complexity index is 471. The summed E-state index contributed by atoms with van der Waals surface area (Å²) in [4.78, 5) is 22.6. The Balaban J connectivity index is 2.63. The minimum absolute atomic E-state index is 0.0874. The van der Waals surface area contributed by atoms with Crippen LogP contribution in [0, 0.1) is 0 Å². The number of rotatable bonds is 8. The van der Waals surface area contributed by atoms with Gasteiger partial charge < -0.3 is 10.4 Å². The van der Waals surface area contributed by atoms with Crippen molar-refractivity contribution in [2.45, 2.75) is 31.7 Å². The van der Waals surface area contributed by atoms with E-state index in [9.17, 15) is 9.59 Å². The zero-order valence-corrected chi connectivity index (χ0v) is 12.7. The number of amides is 1. The van der Waals surface area contributed by atoms with E-state index >= 15 is 0 Å². The second-order valence-corrected chi connectivity index (χ2v) is 5.44. The fraction of sp³-hybridized carbons (Fsp3) is 0.333. The molecule has 1 rings (SSSR count). The molecule has 0 saturated carbocycles. The zero-order chi connectivity index (χ0) is 15.0. The van der Waals surface area contributed by atoms with E-state index in [4.69, 9.17) is 5.11 Å². The van der Waals surface area contributed by atoms with Crippen LogP contribution in [0.1, 0.15) is 24.8 Å². The van der Waals surface area contributed by atoms with Crippen LogP contribution in [0.3, 0.4) is 0 Å². The first kappa shape index (κ1) is 16.4. The molecule has 108 valence electrons. The topological polar surface area (TPSA) is 66.4 Å². The lowest BCUT2D eigenvalue weighted by atomic mass is 10.0. The minimum atomic E-state index is -0.920. The van der Waals surface area contributed by atoms with E-state index in [1.165, 1.54) is 0 Å². The molecule has 0 aliphatic carbocycles. The highest BCUT2D eigenvalue weighted by Crippen LogP contribution is 2.13. The van der Waals surface area contributed by atoms with Crippen molar-refractivity contribution in [2.24, 2.45) is 0 Å². The molecule has 0 aromatic heterocycles. The number of halogens is 1. The quantitative estimate of drug-likeness (QED) is 0.715. The first-order chi connectivity index (χ1) is 9.51. The maximum atomic E-state index is 11.7. The third-order valence-corrected chi connectivity index (χ3v) is 3.29. The molecule has 0 fully saturated rings. The van der Waals surface area contributed by atoms with Gasteiger partial charge >= 0.3 is 5.97 Å². The number of carboxylic acid groups (broad SMARTS) is 1. The van der Waals surface area contributed by atoms with Crippen molar-refractivity contribution in [2.75, 3.05) is 0 Å². The van der Waals surface area contributed by atoms with Crippen LogP contribution in [-0.4, -0.2) is 23.0 Å². The summed E-state index contributed by atoms with van der Waals surface area (Å²) in [5.74, 6) is -1.07. The summed E-state index contributed by atoms with van der Waals surface area (Å²) in [6.07, 6.45) is 3.00. The van der Waals surface area contributed by atoms with Crippen LogP contribution < -0.4 is 5.32 Å². The van der Waals surface area contributed by atoms with Crippen LogP contribution in [0.15, 0.2) is 41.4 Å². The Hall–Kier alpha value is -1.62. The average Bonchev–Trinajstić information content (AvgIpc) is 2.38. The minimum Gasteiger partial charge on any atom is -0.481 e. The predicted octanol–water partition coefficient (Wildman–Crippen LogP) is 2.92. The van der Waals surface area contributed by atoms with E-state index in [1.54, 1.807) is 6.08 Å². The van der Waals surface area contributed by atoms with Gasteiger partial charge in [-0.15, -0.1) is 6.58 Å². The van der Waals surface area contributed by atoms with Gasteiger partial charge in [-0.3, -0.25) is 9.59 Å². The summed E-state index contributed by atoms with van der Waals surface area (Å²) in [5, 5.41) is 11.7. The highest BCUT2D eigenvalue weighted by atomic mass is 79.9. The summed E-state index contributed by atoms with van der Waals surface area (Å²) < 4.78 is 0.964. The van der Waals surface area contributed by atoms with Crippen molar-refractivity contribution >= 4 is 27.8 Å². The second kappa shape index (κ2) is 8.53. The molecule has 0 radical (unpaired) electrons. The Morgan fingerprint density at radius 1 is 1.35 bits per heavy atom. The van der Waals surface area contributed by atoms with Crippen LogP contribution in [0.2, 0.25) is 0 Å². The predicted molar refractivity (Wildman–Crippen MR) is 81.5 cm³/mol. The van der Waals surface area contributed by atoms with Gasteiger partial charge in [0.25, 0.3) is 0 Å². The number of carbonyl (C=O) groups excluding carboxylic acids is 1. The maximum Gasteiger partial charge on any atom is 0.305 e. The number of allylic oxidation sites excluding steroid dienone is 1. The molecule has 1 atom stereocenters. The smallest absolute Gasteiger partial charge is 0.305 e. The van der Waals surface area contributed by atoms with Gasteiger partial charge in [0.05, 0.1) is 6.42 Å². The van der Waals surface area contributed by atoms with Crippen LogP contribution in [0.25, 0.3) is 0 Å². The van der Waals surface area contributed by atoms with Crippen molar-refractivity contribution in [1.29, 1.82) is 0 Å². The molecule has 2 N–H and O–H groups in total. The molecule has 0 spiro atoms. The van der Waals surface area contributed by atoms with E-state index in [2.05, 4.69) is 27.8 Å². The summed E-state index contributed by atoms with van der Waals surface area (Å²) in [6.45, 7) is 3.56. The van der Waals surface area contributed by atoms with Gasteiger partial charge in [-0.25, -0.2) is 0 Å². The van der Waals surface area contributed by atoms with Crippen molar-refractivity contribution in [3.05, 3.63) is 47.0 Å². The van der Waals surface area contributed by atoms with Crippen molar-refractivity contribution in [1.82, 2.24) is 5.32 Å². The molecule has 4 nitrogen and oxygen atoms in total. The molecule has 1 aromatic rings. The maximum absolute atomic E-state index is 11.7. The monoisotopic (exact) mass is 339 g/mol. The Morgan fingerprint density at radius 2 is 2.00 bits per heavy atom. The van der Waals surface area contributed by atoms with E-state index in [1.807, 2.05) is 24.3 Å². The molecular weight excluding hydrogens is 322 g/mol. The molecular formula is C15H18BrNO3. The Kier molecular flexibility index (Phi) is 7.01. The lowest BCUT2D eigenvalue weighted by molar-refractivity contribution is -0.137. The van der Waals surface area contributed by atoms with E-state index in [0.29, 0.717) is 19.3 Å². The summed E-state index contributed by atoms with van der Waals surface area (Å²) >= 11 is 3.35.